The SMILES string of the molecule is CCc1nc2ccccc2c(C)c1C(=O)OCC(=O)c1ccc2c(c1)OCCCO2. The molecule has 0 amide bonds. The zero-order valence-electron chi connectivity index (χ0n) is 17.1. The Balaban J connectivity index is 1.53. The fourth-order valence-corrected chi connectivity index (χ4v) is 3.59. The molecule has 0 aliphatic carbocycles. The highest BCUT2D eigenvalue weighted by atomic mass is 16.5. The van der Waals surface area contributed by atoms with Gasteiger partial charge in [-0.1, -0.05) is 25.1 Å². The summed E-state index contributed by atoms with van der Waals surface area (Å²) in [5.41, 5.74) is 3.16. The molecule has 1 aliphatic heterocycles. The first kappa shape index (κ1) is 19.9. The molecule has 30 heavy (non-hydrogen) atoms. The van der Waals surface area contributed by atoms with Crippen molar-refractivity contribution in [3.05, 3.63) is 64.8 Å². The van der Waals surface area contributed by atoms with Crippen molar-refractivity contribution in [2.45, 2.75) is 26.7 Å². The monoisotopic (exact) mass is 405 g/mol. The highest BCUT2D eigenvalue weighted by Gasteiger charge is 2.21. The molecule has 4 rings (SSSR count). The van der Waals surface area contributed by atoms with Crippen molar-refractivity contribution in [1.82, 2.24) is 4.98 Å². The highest BCUT2D eigenvalue weighted by molar-refractivity contribution is 6.02. The van der Waals surface area contributed by atoms with Crippen LogP contribution in [0.4, 0.5) is 0 Å². The molecule has 0 bridgehead atoms. The molecule has 0 unspecified atom stereocenters. The molecule has 1 aromatic heterocycles. The summed E-state index contributed by atoms with van der Waals surface area (Å²) in [5, 5.41) is 0.899. The van der Waals surface area contributed by atoms with Crippen LogP contribution >= 0.6 is 0 Å². The summed E-state index contributed by atoms with van der Waals surface area (Å²) in [5.74, 6) is 0.313. The zero-order valence-corrected chi connectivity index (χ0v) is 17.1. The predicted octanol–water partition coefficient (Wildman–Crippen LogP) is 4.31. The third-order valence-electron chi connectivity index (χ3n) is 5.17. The molecule has 0 N–H and O–H groups in total. The first-order valence-electron chi connectivity index (χ1n) is 10.1. The Kier molecular flexibility index (Phi) is 5.65. The Morgan fingerprint density at radius 2 is 1.83 bits per heavy atom. The van der Waals surface area contributed by atoms with Crippen molar-refractivity contribution in [2.24, 2.45) is 0 Å². The number of aryl methyl sites for hydroxylation is 2. The first-order valence-corrected chi connectivity index (χ1v) is 10.1. The number of pyridine rings is 1. The van der Waals surface area contributed by atoms with E-state index in [0.29, 0.717) is 48.0 Å². The van der Waals surface area contributed by atoms with Gasteiger partial charge in [-0.3, -0.25) is 9.78 Å². The topological polar surface area (TPSA) is 74.7 Å². The van der Waals surface area contributed by atoms with E-state index in [1.165, 1.54) is 0 Å². The van der Waals surface area contributed by atoms with Gasteiger partial charge in [0, 0.05) is 17.4 Å². The van der Waals surface area contributed by atoms with Crippen LogP contribution in [0.1, 0.15) is 45.3 Å². The highest BCUT2D eigenvalue weighted by Crippen LogP contribution is 2.30. The largest absolute Gasteiger partial charge is 0.490 e. The normalized spacial score (nSPS) is 13.0. The number of nitrogens with zero attached hydrogens (tertiary/aromatic N) is 1. The van der Waals surface area contributed by atoms with Gasteiger partial charge in [-0.2, -0.15) is 0 Å². The van der Waals surface area contributed by atoms with Crippen molar-refractivity contribution in [3.8, 4) is 11.5 Å². The lowest BCUT2D eigenvalue weighted by molar-refractivity contribution is 0.0472. The molecular weight excluding hydrogens is 382 g/mol. The van der Waals surface area contributed by atoms with E-state index in [1.807, 2.05) is 38.1 Å². The van der Waals surface area contributed by atoms with E-state index >= 15 is 0 Å². The number of benzene rings is 2. The van der Waals surface area contributed by atoms with Crippen molar-refractivity contribution in [1.29, 1.82) is 0 Å². The molecule has 6 nitrogen and oxygen atoms in total. The number of esters is 1. The lowest BCUT2D eigenvalue weighted by Crippen LogP contribution is -2.17. The molecule has 6 heteroatoms. The Hall–Kier alpha value is -3.41. The quantitative estimate of drug-likeness (QED) is 0.465. The maximum absolute atomic E-state index is 12.8. The maximum Gasteiger partial charge on any atom is 0.340 e. The van der Waals surface area contributed by atoms with Crippen LogP contribution in [0, 0.1) is 6.92 Å². The van der Waals surface area contributed by atoms with Crippen LogP contribution in [-0.4, -0.2) is 36.6 Å². The molecule has 2 aromatic carbocycles. The third-order valence-corrected chi connectivity index (χ3v) is 5.17. The number of carbonyl (C=O) groups excluding carboxylic acids is 2. The first-order chi connectivity index (χ1) is 14.6. The Morgan fingerprint density at radius 3 is 2.63 bits per heavy atom. The zero-order chi connectivity index (χ0) is 21.1. The maximum atomic E-state index is 12.8. The van der Waals surface area contributed by atoms with Crippen LogP contribution in [0.5, 0.6) is 11.5 Å². The van der Waals surface area contributed by atoms with Gasteiger partial charge < -0.3 is 14.2 Å². The van der Waals surface area contributed by atoms with Crippen LogP contribution in [-0.2, 0) is 11.2 Å². The van der Waals surface area contributed by atoms with Crippen LogP contribution in [0.2, 0.25) is 0 Å². The number of fused-ring (bicyclic) bond motifs is 2. The minimum absolute atomic E-state index is 0.302. The lowest BCUT2D eigenvalue weighted by Gasteiger charge is -2.13. The number of rotatable bonds is 5. The molecule has 0 saturated heterocycles. The molecular formula is C24H23NO5. The summed E-state index contributed by atoms with van der Waals surface area (Å²) in [4.78, 5) is 30.1. The molecule has 0 spiro atoms. The average molecular weight is 405 g/mol. The summed E-state index contributed by atoms with van der Waals surface area (Å²) >= 11 is 0. The number of hydrogen-bond acceptors (Lipinski definition) is 6. The predicted molar refractivity (Wildman–Crippen MR) is 113 cm³/mol. The second kappa shape index (κ2) is 8.53. The van der Waals surface area contributed by atoms with Gasteiger partial charge in [0.25, 0.3) is 0 Å². The van der Waals surface area contributed by atoms with E-state index in [-0.39, 0.29) is 12.4 Å². The van der Waals surface area contributed by atoms with Gasteiger partial charge in [0.15, 0.2) is 23.9 Å². The van der Waals surface area contributed by atoms with E-state index in [2.05, 4.69) is 4.98 Å². The Morgan fingerprint density at radius 1 is 1.07 bits per heavy atom. The Bertz CT molecular complexity index is 1120. The molecule has 0 atom stereocenters. The molecule has 0 saturated carbocycles. The van der Waals surface area contributed by atoms with E-state index in [0.717, 1.165) is 22.9 Å². The lowest BCUT2D eigenvalue weighted by atomic mass is 10.0. The Labute approximate surface area is 174 Å². The van der Waals surface area contributed by atoms with Crippen molar-refractivity contribution < 1.29 is 23.8 Å². The van der Waals surface area contributed by atoms with Gasteiger partial charge in [-0.05, 0) is 43.2 Å². The summed E-state index contributed by atoms with van der Waals surface area (Å²) < 4.78 is 16.6. The number of para-hydroxylation sites is 1. The van der Waals surface area contributed by atoms with Crippen LogP contribution < -0.4 is 9.47 Å². The van der Waals surface area contributed by atoms with E-state index in [9.17, 15) is 9.59 Å². The number of Topliss-reactive ketones (excluding diaryl/α,β-unsaturated/α-hetero) is 1. The molecule has 0 fully saturated rings. The van der Waals surface area contributed by atoms with Crippen LogP contribution in [0.15, 0.2) is 42.5 Å². The van der Waals surface area contributed by atoms with Gasteiger partial charge in [0.2, 0.25) is 0 Å². The number of hydrogen-bond donors (Lipinski definition) is 0. The van der Waals surface area contributed by atoms with Gasteiger partial charge in [-0.25, -0.2) is 4.79 Å². The van der Waals surface area contributed by atoms with Gasteiger partial charge >= 0.3 is 5.97 Å². The number of aromatic nitrogens is 1. The van der Waals surface area contributed by atoms with Crippen molar-refractivity contribution in [2.75, 3.05) is 19.8 Å². The van der Waals surface area contributed by atoms with Gasteiger partial charge in [-0.15, -0.1) is 0 Å². The summed E-state index contributed by atoms with van der Waals surface area (Å²) in [7, 11) is 0. The van der Waals surface area contributed by atoms with Crippen molar-refractivity contribution in [3.63, 3.8) is 0 Å². The second-order valence-corrected chi connectivity index (χ2v) is 7.14. The minimum Gasteiger partial charge on any atom is -0.490 e. The minimum atomic E-state index is -0.537. The average Bonchev–Trinajstić information content (AvgIpc) is 3.02. The molecule has 154 valence electrons. The van der Waals surface area contributed by atoms with Crippen LogP contribution in [0.3, 0.4) is 0 Å². The fourth-order valence-electron chi connectivity index (χ4n) is 3.59. The van der Waals surface area contributed by atoms with E-state index in [4.69, 9.17) is 14.2 Å². The van der Waals surface area contributed by atoms with Gasteiger partial charge in [0.1, 0.15) is 0 Å². The van der Waals surface area contributed by atoms with Crippen molar-refractivity contribution >= 4 is 22.7 Å². The fraction of sp³-hybridized carbons (Fsp3) is 0.292. The molecule has 3 aromatic rings. The van der Waals surface area contributed by atoms with E-state index < -0.39 is 5.97 Å². The molecule has 2 heterocycles. The number of ether oxygens (including phenoxy) is 3. The number of carbonyl (C=O) groups is 2. The smallest absolute Gasteiger partial charge is 0.340 e. The number of ketones is 1. The second-order valence-electron chi connectivity index (χ2n) is 7.14. The van der Waals surface area contributed by atoms with E-state index in [1.54, 1.807) is 18.2 Å². The third kappa shape index (κ3) is 3.85. The molecule has 1 aliphatic rings. The standard InChI is InChI=1S/C24H23NO5/c1-3-18-23(15(2)17-7-4-5-8-19(17)25-18)24(27)30-14-20(26)16-9-10-21-22(13-16)29-12-6-11-28-21/h4-5,7-10,13H,3,6,11-12,14H2,1-2H3. The van der Waals surface area contributed by atoms with Crippen LogP contribution in [0.25, 0.3) is 10.9 Å². The summed E-state index contributed by atoms with van der Waals surface area (Å²) in [6, 6.07) is 12.7. The van der Waals surface area contributed by atoms with Gasteiger partial charge in [0.05, 0.1) is 30.0 Å². The summed E-state index contributed by atoms with van der Waals surface area (Å²) in [6.45, 7) is 4.58. The summed E-state index contributed by atoms with van der Waals surface area (Å²) in [6.07, 6.45) is 1.38. The molecule has 0 radical (unpaired) electrons.